The number of aryl methyl sites for hydroxylation is 1. The van der Waals surface area contributed by atoms with Crippen LogP contribution < -0.4 is 5.32 Å². The van der Waals surface area contributed by atoms with Crippen molar-refractivity contribution in [1.29, 1.82) is 0 Å². The molecular formula is C14H16FNO. The Morgan fingerprint density at radius 2 is 2.24 bits per heavy atom. The standard InChI is InChI=1S/C14H16FNO/c1-3-4-5-6-9-16-14(17)12-8-7-11(2)10-13(12)15/h1,7-8,10H,4-6,9H2,2H3,(H,16,17). The number of hydrogen-bond donors (Lipinski definition) is 1. The van der Waals surface area contributed by atoms with Crippen LogP contribution in [0.5, 0.6) is 0 Å². The highest BCUT2D eigenvalue weighted by Crippen LogP contribution is 2.09. The quantitative estimate of drug-likeness (QED) is 0.615. The molecule has 1 amide bonds. The molecule has 1 N–H and O–H groups in total. The topological polar surface area (TPSA) is 29.1 Å². The first-order valence-electron chi connectivity index (χ1n) is 5.63. The maximum Gasteiger partial charge on any atom is 0.254 e. The van der Waals surface area contributed by atoms with Crippen LogP contribution in [-0.4, -0.2) is 12.5 Å². The van der Waals surface area contributed by atoms with Crippen LogP contribution in [0, 0.1) is 25.1 Å². The maximum absolute atomic E-state index is 13.4. The van der Waals surface area contributed by atoms with Crippen molar-refractivity contribution in [3.05, 3.63) is 35.1 Å². The number of terminal acetylenes is 1. The molecule has 0 radical (unpaired) electrons. The summed E-state index contributed by atoms with van der Waals surface area (Å²) in [4.78, 5) is 11.6. The highest BCUT2D eigenvalue weighted by molar-refractivity contribution is 5.94. The Bertz CT molecular complexity index is 434. The minimum atomic E-state index is -0.480. The van der Waals surface area contributed by atoms with Crippen LogP contribution in [-0.2, 0) is 0 Å². The number of unbranched alkanes of at least 4 members (excludes halogenated alkanes) is 2. The molecule has 0 aliphatic heterocycles. The molecule has 0 atom stereocenters. The number of hydrogen-bond acceptors (Lipinski definition) is 1. The number of carbonyl (C=O) groups is 1. The van der Waals surface area contributed by atoms with Crippen molar-refractivity contribution < 1.29 is 9.18 Å². The predicted octanol–water partition coefficient (Wildman–Crippen LogP) is 2.67. The molecule has 0 heterocycles. The highest BCUT2D eigenvalue weighted by atomic mass is 19.1. The van der Waals surface area contributed by atoms with Crippen LogP contribution in [0.15, 0.2) is 18.2 Å². The number of amides is 1. The van der Waals surface area contributed by atoms with Crippen molar-refractivity contribution in [2.24, 2.45) is 0 Å². The minimum absolute atomic E-state index is 0.0903. The smallest absolute Gasteiger partial charge is 0.254 e. The third-order valence-corrected chi connectivity index (χ3v) is 2.40. The first-order chi connectivity index (χ1) is 8.15. The summed E-state index contributed by atoms with van der Waals surface area (Å²) in [5, 5.41) is 2.67. The first kappa shape index (κ1) is 13.2. The summed E-state index contributed by atoms with van der Waals surface area (Å²) in [6.45, 7) is 2.30. The summed E-state index contributed by atoms with van der Waals surface area (Å²) < 4.78 is 13.4. The van der Waals surface area contributed by atoms with Crippen LogP contribution in [0.1, 0.15) is 35.2 Å². The summed E-state index contributed by atoms with van der Waals surface area (Å²) in [6, 6.07) is 4.57. The molecule has 0 fully saturated rings. The lowest BCUT2D eigenvalue weighted by atomic mass is 10.1. The maximum atomic E-state index is 13.4. The average molecular weight is 233 g/mol. The van der Waals surface area contributed by atoms with E-state index in [1.165, 1.54) is 12.1 Å². The van der Waals surface area contributed by atoms with Gasteiger partial charge < -0.3 is 5.32 Å². The van der Waals surface area contributed by atoms with Gasteiger partial charge in [0.1, 0.15) is 5.82 Å². The molecule has 2 nitrogen and oxygen atoms in total. The first-order valence-corrected chi connectivity index (χ1v) is 5.63. The van der Waals surface area contributed by atoms with E-state index < -0.39 is 5.82 Å². The molecule has 0 aliphatic carbocycles. The van der Waals surface area contributed by atoms with Gasteiger partial charge >= 0.3 is 0 Å². The zero-order valence-electron chi connectivity index (χ0n) is 9.92. The molecule has 0 aliphatic rings. The molecule has 0 unspecified atom stereocenters. The zero-order valence-corrected chi connectivity index (χ0v) is 9.92. The van der Waals surface area contributed by atoms with Gasteiger partial charge in [-0.1, -0.05) is 6.07 Å². The van der Waals surface area contributed by atoms with E-state index in [1.54, 1.807) is 13.0 Å². The second-order valence-electron chi connectivity index (χ2n) is 3.90. The van der Waals surface area contributed by atoms with E-state index >= 15 is 0 Å². The van der Waals surface area contributed by atoms with Crippen LogP contribution in [0.2, 0.25) is 0 Å². The molecule has 90 valence electrons. The van der Waals surface area contributed by atoms with Crippen molar-refractivity contribution in [1.82, 2.24) is 5.32 Å². The second kappa shape index (κ2) is 6.70. The van der Waals surface area contributed by atoms with Gasteiger partial charge in [0.05, 0.1) is 5.56 Å². The Kier molecular flexibility index (Phi) is 5.22. The van der Waals surface area contributed by atoms with Gasteiger partial charge in [-0.25, -0.2) is 4.39 Å². The fraction of sp³-hybridized carbons (Fsp3) is 0.357. The number of benzene rings is 1. The SMILES string of the molecule is C#CCCCCNC(=O)c1ccc(C)cc1F. The van der Waals surface area contributed by atoms with E-state index in [0.29, 0.717) is 13.0 Å². The highest BCUT2D eigenvalue weighted by Gasteiger charge is 2.10. The molecule has 17 heavy (non-hydrogen) atoms. The summed E-state index contributed by atoms with van der Waals surface area (Å²) in [5.41, 5.74) is 0.889. The zero-order chi connectivity index (χ0) is 12.7. The van der Waals surface area contributed by atoms with Crippen LogP contribution in [0.3, 0.4) is 0 Å². The van der Waals surface area contributed by atoms with Gasteiger partial charge in [0.25, 0.3) is 5.91 Å². The van der Waals surface area contributed by atoms with E-state index in [0.717, 1.165) is 18.4 Å². The van der Waals surface area contributed by atoms with Crippen molar-refractivity contribution in [2.75, 3.05) is 6.54 Å². The largest absolute Gasteiger partial charge is 0.352 e. The van der Waals surface area contributed by atoms with Gasteiger partial charge in [0, 0.05) is 13.0 Å². The average Bonchev–Trinajstić information content (AvgIpc) is 2.28. The van der Waals surface area contributed by atoms with Crippen molar-refractivity contribution in [2.45, 2.75) is 26.2 Å². The fourth-order valence-corrected chi connectivity index (χ4v) is 1.45. The van der Waals surface area contributed by atoms with E-state index in [1.807, 2.05) is 0 Å². The molecule has 1 aromatic rings. The third-order valence-electron chi connectivity index (χ3n) is 2.40. The van der Waals surface area contributed by atoms with Gasteiger partial charge in [0.15, 0.2) is 0 Å². The summed E-state index contributed by atoms with van der Waals surface area (Å²) >= 11 is 0. The third kappa shape index (κ3) is 4.28. The molecule has 0 bridgehead atoms. The van der Waals surface area contributed by atoms with Gasteiger partial charge in [0.2, 0.25) is 0 Å². The molecule has 3 heteroatoms. The molecule has 1 aromatic carbocycles. The van der Waals surface area contributed by atoms with Gasteiger partial charge in [-0.05, 0) is 37.5 Å². The molecule has 0 spiro atoms. The Hall–Kier alpha value is -1.82. The number of nitrogens with one attached hydrogen (secondary N) is 1. The fourth-order valence-electron chi connectivity index (χ4n) is 1.45. The van der Waals surface area contributed by atoms with Crippen LogP contribution >= 0.6 is 0 Å². The van der Waals surface area contributed by atoms with E-state index in [2.05, 4.69) is 11.2 Å². The lowest BCUT2D eigenvalue weighted by molar-refractivity contribution is 0.0949. The molecule has 0 saturated carbocycles. The Labute approximate surface area is 101 Å². The Balaban J connectivity index is 2.45. The van der Waals surface area contributed by atoms with Crippen molar-refractivity contribution in [3.8, 4) is 12.3 Å². The lowest BCUT2D eigenvalue weighted by Gasteiger charge is -2.06. The monoisotopic (exact) mass is 233 g/mol. The molecular weight excluding hydrogens is 217 g/mol. The van der Waals surface area contributed by atoms with Crippen LogP contribution in [0.4, 0.5) is 4.39 Å². The second-order valence-corrected chi connectivity index (χ2v) is 3.90. The van der Waals surface area contributed by atoms with E-state index in [-0.39, 0.29) is 11.5 Å². The van der Waals surface area contributed by atoms with E-state index in [9.17, 15) is 9.18 Å². The number of carbonyl (C=O) groups excluding carboxylic acids is 1. The molecule has 1 rings (SSSR count). The van der Waals surface area contributed by atoms with E-state index in [4.69, 9.17) is 6.42 Å². The summed E-state index contributed by atoms with van der Waals surface area (Å²) in [5.74, 6) is 1.68. The summed E-state index contributed by atoms with van der Waals surface area (Å²) in [6.07, 6.45) is 7.49. The van der Waals surface area contributed by atoms with Crippen LogP contribution in [0.25, 0.3) is 0 Å². The summed E-state index contributed by atoms with van der Waals surface area (Å²) in [7, 11) is 0. The Morgan fingerprint density at radius 3 is 2.88 bits per heavy atom. The molecule has 0 aromatic heterocycles. The normalized spacial score (nSPS) is 9.71. The number of rotatable bonds is 5. The number of halogens is 1. The van der Waals surface area contributed by atoms with Crippen molar-refractivity contribution >= 4 is 5.91 Å². The minimum Gasteiger partial charge on any atom is -0.352 e. The molecule has 0 saturated heterocycles. The van der Waals surface area contributed by atoms with Gasteiger partial charge in [-0.3, -0.25) is 4.79 Å². The van der Waals surface area contributed by atoms with Gasteiger partial charge in [-0.2, -0.15) is 0 Å². The Morgan fingerprint density at radius 1 is 1.47 bits per heavy atom. The lowest BCUT2D eigenvalue weighted by Crippen LogP contribution is -2.25. The van der Waals surface area contributed by atoms with Crippen molar-refractivity contribution in [3.63, 3.8) is 0 Å². The van der Waals surface area contributed by atoms with Gasteiger partial charge in [-0.15, -0.1) is 12.3 Å². The predicted molar refractivity (Wildman–Crippen MR) is 66.2 cm³/mol.